The number of aromatic nitrogens is 1. The summed E-state index contributed by atoms with van der Waals surface area (Å²) in [6.07, 6.45) is 2.16. The van der Waals surface area contributed by atoms with E-state index in [0.29, 0.717) is 30.0 Å². The summed E-state index contributed by atoms with van der Waals surface area (Å²) in [7, 11) is 0. The van der Waals surface area contributed by atoms with Crippen LogP contribution in [0.4, 0.5) is 0 Å². The molecule has 0 saturated carbocycles. The number of hydrogen-bond acceptors (Lipinski definition) is 4. The molecule has 1 aromatic heterocycles. The summed E-state index contributed by atoms with van der Waals surface area (Å²) in [6.45, 7) is 3.81. The molecule has 1 aromatic carbocycles. The molecule has 5 nitrogen and oxygen atoms in total. The number of fused-ring (bicyclic) bond motifs is 1. The first kappa shape index (κ1) is 15.3. The molecule has 0 aliphatic rings. The maximum atomic E-state index is 11.1. The van der Waals surface area contributed by atoms with E-state index in [1.165, 1.54) is 0 Å². The molecule has 0 fully saturated rings. The van der Waals surface area contributed by atoms with E-state index in [1.807, 2.05) is 0 Å². The smallest absolute Gasteiger partial charge is 0.336 e. The van der Waals surface area contributed by atoms with E-state index in [1.54, 1.807) is 30.3 Å². The van der Waals surface area contributed by atoms with Crippen LogP contribution in [0.1, 0.15) is 30.1 Å². The van der Waals surface area contributed by atoms with Gasteiger partial charge in [0.2, 0.25) is 5.88 Å². The van der Waals surface area contributed by atoms with Crippen molar-refractivity contribution < 1.29 is 19.4 Å². The monoisotopic (exact) mass is 289 g/mol. The number of carboxylic acids is 1. The minimum atomic E-state index is -0.958. The second-order valence-corrected chi connectivity index (χ2v) is 4.64. The lowest BCUT2D eigenvalue weighted by Crippen LogP contribution is -2.08. The first-order valence-corrected chi connectivity index (χ1v) is 7.06. The van der Waals surface area contributed by atoms with Crippen LogP contribution in [0, 0.1) is 0 Å². The van der Waals surface area contributed by atoms with Crippen LogP contribution >= 0.6 is 0 Å². The summed E-state index contributed by atoms with van der Waals surface area (Å²) in [6, 6.07) is 8.41. The van der Waals surface area contributed by atoms with Gasteiger partial charge in [-0.3, -0.25) is 0 Å². The molecule has 0 amide bonds. The third kappa shape index (κ3) is 4.16. The second kappa shape index (κ2) is 7.59. The molecule has 0 radical (unpaired) electrons. The maximum absolute atomic E-state index is 11.1. The van der Waals surface area contributed by atoms with Crippen LogP contribution in [-0.2, 0) is 4.74 Å². The molecule has 0 bridgehead atoms. The number of nitrogens with zero attached hydrogens (tertiary/aromatic N) is 1. The molecule has 5 heteroatoms. The van der Waals surface area contributed by atoms with Crippen molar-refractivity contribution in [2.24, 2.45) is 0 Å². The van der Waals surface area contributed by atoms with Crippen molar-refractivity contribution in [1.82, 2.24) is 4.98 Å². The van der Waals surface area contributed by atoms with Crippen molar-refractivity contribution in [1.29, 1.82) is 0 Å². The zero-order valence-electron chi connectivity index (χ0n) is 12.0. The molecule has 112 valence electrons. The Morgan fingerprint density at radius 3 is 2.81 bits per heavy atom. The highest BCUT2D eigenvalue weighted by Crippen LogP contribution is 2.20. The minimum absolute atomic E-state index is 0.245. The minimum Gasteiger partial charge on any atom is -0.478 e. The number of pyridine rings is 1. The van der Waals surface area contributed by atoms with Crippen LogP contribution in [0.15, 0.2) is 30.3 Å². The average molecular weight is 289 g/mol. The predicted octanol–water partition coefficient (Wildman–Crippen LogP) is 3.13. The molecule has 1 N–H and O–H groups in total. The molecular weight excluding hydrogens is 270 g/mol. The molecule has 0 saturated heterocycles. The number of rotatable bonds is 8. The van der Waals surface area contributed by atoms with Gasteiger partial charge in [0.05, 0.1) is 17.7 Å². The summed E-state index contributed by atoms with van der Waals surface area (Å²) in [5.41, 5.74) is 0.855. The van der Waals surface area contributed by atoms with Crippen LogP contribution in [0.25, 0.3) is 10.9 Å². The standard InChI is InChI=1S/C16H19NO4/c1-2-3-9-20-10-11-21-15-8-7-12-13(16(18)19)5-4-6-14(12)17-15/h4-8H,2-3,9-11H2,1H3,(H,18,19). The van der Waals surface area contributed by atoms with Gasteiger partial charge in [-0.25, -0.2) is 9.78 Å². The van der Waals surface area contributed by atoms with E-state index in [4.69, 9.17) is 14.6 Å². The van der Waals surface area contributed by atoms with Crippen LogP contribution in [0.5, 0.6) is 5.88 Å². The van der Waals surface area contributed by atoms with Gasteiger partial charge < -0.3 is 14.6 Å². The molecule has 2 aromatic rings. The zero-order valence-corrected chi connectivity index (χ0v) is 12.0. The van der Waals surface area contributed by atoms with Crippen LogP contribution in [0.2, 0.25) is 0 Å². The lowest BCUT2D eigenvalue weighted by Gasteiger charge is -2.08. The Bertz CT molecular complexity index is 612. The number of carboxylic acid groups (broad SMARTS) is 1. The van der Waals surface area contributed by atoms with E-state index >= 15 is 0 Å². The van der Waals surface area contributed by atoms with Gasteiger partial charge in [0.1, 0.15) is 6.61 Å². The summed E-state index contributed by atoms with van der Waals surface area (Å²) in [5, 5.41) is 9.73. The quantitative estimate of drug-likeness (QED) is 0.756. The van der Waals surface area contributed by atoms with Crippen LogP contribution < -0.4 is 4.74 Å². The summed E-state index contributed by atoms with van der Waals surface area (Å²) in [5.74, 6) is -0.482. The van der Waals surface area contributed by atoms with Gasteiger partial charge in [0, 0.05) is 18.1 Å². The van der Waals surface area contributed by atoms with Gasteiger partial charge in [0.15, 0.2) is 0 Å². The maximum Gasteiger partial charge on any atom is 0.336 e. The van der Waals surface area contributed by atoms with E-state index < -0.39 is 5.97 Å². The molecule has 0 atom stereocenters. The number of aromatic carboxylic acids is 1. The van der Waals surface area contributed by atoms with Crippen LogP contribution in [0.3, 0.4) is 0 Å². The molecule has 0 unspecified atom stereocenters. The second-order valence-electron chi connectivity index (χ2n) is 4.64. The third-order valence-electron chi connectivity index (χ3n) is 3.06. The zero-order chi connectivity index (χ0) is 15.1. The third-order valence-corrected chi connectivity index (χ3v) is 3.06. The van der Waals surface area contributed by atoms with E-state index in [-0.39, 0.29) is 5.56 Å². The number of unbranched alkanes of at least 4 members (excludes halogenated alkanes) is 1. The fourth-order valence-electron chi connectivity index (χ4n) is 1.96. The first-order chi connectivity index (χ1) is 10.2. The average Bonchev–Trinajstić information content (AvgIpc) is 2.49. The van der Waals surface area contributed by atoms with Gasteiger partial charge in [0.25, 0.3) is 0 Å². The molecule has 0 aliphatic carbocycles. The molecule has 1 heterocycles. The Kier molecular flexibility index (Phi) is 5.51. The van der Waals surface area contributed by atoms with Crippen molar-refractivity contribution in [3.63, 3.8) is 0 Å². The normalized spacial score (nSPS) is 10.7. The first-order valence-electron chi connectivity index (χ1n) is 7.06. The van der Waals surface area contributed by atoms with E-state index in [0.717, 1.165) is 19.4 Å². The fraction of sp³-hybridized carbons (Fsp3) is 0.375. The Labute approximate surface area is 123 Å². The van der Waals surface area contributed by atoms with Crippen molar-refractivity contribution in [2.45, 2.75) is 19.8 Å². The van der Waals surface area contributed by atoms with Crippen molar-refractivity contribution >= 4 is 16.9 Å². The fourth-order valence-corrected chi connectivity index (χ4v) is 1.96. The largest absolute Gasteiger partial charge is 0.478 e. The lowest BCUT2D eigenvalue weighted by atomic mass is 10.1. The van der Waals surface area contributed by atoms with Crippen molar-refractivity contribution in [3.8, 4) is 5.88 Å². The molecule has 21 heavy (non-hydrogen) atoms. The van der Waals surface area contributed by atoms with Crippen molar-refractivity contribution in [3.05, 3.63) is 35.9 Å². The number of ether oxygens (including phenoxy) is 2. The SMILES string of the molecule is CCCCOCCOc1ccc2c(C(=O)O)cccc2n1. The predicted molar refractivity (Wildman–Crippen MR) is 79.9 cm³/mol. The Morgan fingerprint density at radius 2 is 2.05 bits per heavy atom. The summed E-state index contributed by atoms with van der Waals surface area (Å²) in [4.78, 5) is 15.4. The van der Waals surface area contributed by atoms with E-state index in [2.05, 4.69) is 11.9 Å². The van der Waals surface area contributed by atoms with Gasteiger partial charge >= 0.3 is 5.97 Å². The van der Waals surface area contributed by atoms with Crippen LogP contribution in [-0.4, -0.2) is 35.9 Å². The Hall–Kier alpha value is -2.14. The molecule has 2 rings (SSSR count). The Balaban J connectivity index is 1.98. The van der Waals surface area contributed by atoms with Gasteiger partial charge in [-0.1, -0.05) is 19.4 Å². The number of benzene rings is 1. The number of carbonyl (C=O) groups is 1. The Morgan fingerprint density at radius 1 is 1.19 bits per heavy atom. The summed E-state index contributed by atoms with van der Waals surface area (Å²) >= 11 is 0. The highest BCUT2D eigenvalue weighted by molar-refractivity contribution is 6.02. The highest BCUT2D eigenvalue weighted by Gasteiger charge is 2.09. The van der Waals surface area contributed by atoms with Crippen molar-refractivity contribution in [2.75, 3.05) is 19.8 Å². The topological polar surface area (TPSA) is 68.7 Å². The lowest BCUT2D eigenvalue weighted by molar-refractivity contribution is 0.0699. The highest BCUT2D eigenvalue weighted by atomic mass is 16.5. The number of hydrogen-bond donors (Lipinski definition) is 1. The van der Waals surface area contributed by atoms with Gasteiger partial charge in [-0.2, -0.15) is 0 Å². The summed E-state index contributed by atoms with van der Waals surface area (Å²) < 4.78 is 10.9. The molecule has 0 spiro atoms. The van der Waals surface area contributed by atoms with Gasteiger partial charge in [-0.05, 0) is 24.6 Å². The van der Waals surface area contributed by atoms with Gasteiger partial charge in [-0.15, -0.1) is 0 Å². The molecule has 0 aliphatic heterocycles. The van der Waals surface area contributed by atoms with E-state index in [9.17, 15) is 4.79 Å². The molecular formula is C16H19NO4.